The van der Waals surface area contributed by atoms with Gasteiger partial charge in [0, 0.05) is 16.5 Å². The van der Waals surface area contributed by atoms with E-state index in [9.17, 15) is 19.5 Å². The molecule has 6 rings (SSSR count). The number of unbranched alkanes of at least 4 members (excludes halogenated alkanes) is 1. The van der Waals surface area contributed by atoms with E-state index in [2.05, 4.69) is 6.92 Å². The molecule has 0 unspecified atom stereocenters. The predicted molar refractivity (Wildman–Crippen MR) is 156 cm³/mol. The third-order valence-electron chi connectivity index (χ3n) is 8.20. The number of benzene rings is 2. The molecule has 0 spiro atoms. The van der Waals surface area contributed by atoms with Crippen LogP contribution in [0.2, 0.25) is 0 Å². The zero-order valence-electron chi connectivity index (χ0n) is 23.9. The van der Waals surface area contributed by atoms with Gasteiger partial charge in [0.25, 0.3) is 5.56 Å². The summed E-state index contributed by atoms with van der Waals surface area (Å²) < 4.78 is 18.2. The molecular weight excluding hydrogens is 536 g/mol. The summed E-state index contributed by atoms with van der Waals surface area (Å²) in [5.41, 5.74) is 2.56. The van der Waals surface area contributed by atoms with Crippen LogP contribution in [0.3, 0.4) is 0 Å². The predicted octanol–water partition coefficient (Wildman–Crippen LogP) is 5.04. The summed E-state index contributed by atoms with van der Waals surface area (Å²) in [5, 5.41) is 12.0. The second-order valence-electron chi connectivity index (χ2n) is 10.7. The number of esters is 2. The van der Waals surface area contributed by atoms with Crippen molar-refractivity contribution in [3.8, 4) is 22.9 Å². The summed E-state index contributed by atoms with van der Waals surface area (Å²) in [6.45, 7) is 6.56. The Labute approximate surface area is 242 Å². The third kappa shape index (κ3) is 4.44. The molecule has 0 aliphatic carbocycles. The van der Waals surface area contributed by atoms with E-state index < -0.39 is 17.5 Å². The molecule has 0 fully saturated rings. The number of hydrogen-bond acceptors (Lipinski definition) is 8. The molecule has 9 heteroatoms. The minimum atomic E-state index is -1.88. The lowest BCUT2D eigenvalue weighted by Gasteiger charge is -2.31. The smallest absolute Gasteiger partial charge is 0.343 e. The van der Waals surface area contributed by atoms with Crippen molar-refractivity contribution in [3.05, 3.63) is 86.7 Å². The lowest BCUT2D eigenvalue weighted by atomic mass is 9.86. The highest BCUT2D eigenvalue weighted by Crippen LogP contribution is 2.40. The number of hydrogen-bond donors (Lipinski definition) is 1. The number of aryl methyl sites for hydroxylation is 1. The number of cyclic esters (lactones) is 1. The molecule has 0 saturated heterocycles. The van der Waals surface area contributed by atoms with Gasteiger partial charge in [-0.05, 0) is 73.4 Å². The van der Waals surface area contributed by atoms with E-state index in [0.29, 0.717) is 53.5 Å². The SMILES string of the molecule is CCCCOc1ccc(C(=O)Oc2ccc3nc4c(c(CC)c3c2)Cn2c-4cc3c(c2=O)COC(=O)[C@]3(O)CC)cc1. The van der Waals surface area contributed by atoms with E-state index in [1.54, 1.807) is 60.0 Å². The van der Waals surface area contributed by atoms with Gasteiger partial charge in [-0.25, -0.2) is 14.6 Å². The zero-order valence-corrected chi connectivity index (χ0v) is 23.9. The molecule has 2 aromatic heterocycles. The normalized spacial score (nSPS) is 16.9. The lowest BCUT2D eigenvalue weighted by Crippen LogP contribution is -2.44. The van der Waals surface area contributed by atoms with Gasteiger partial charge in [-0.3, -0.25) is 4.79 Å². The van der Waals surface area contributed by atoms with Gasteiger partial charge in [0.05, 0.1) is 41.2 Å². The minimum Gasteiger partial charge on any atom is -0.494 e. The fraction of sp³-hybridized carbons (Fsp3) is 0.333. The molecule has 42 heavy (non-hydrogen) atoms. The molecule has 1 atom stereocenters. The molecule has 2 aromatic carbocycles. The van der Waals surface area contributed by atoms with Crippen LogP contribution in [0.25, 0.3) is 22.3 Å². The molecule has 216 valence electrons. The number of pyridine rings is 2. The molecule has 0 saturated carbocycles. The fourth-order valence-corrected chi connectivity index (χ4v) is 5.80. The monoisotopic (exact) mass is 568 g/mol. The first kappa shape index (κ1) is 27.7. The molecule has 1 N–H and O–H groups in total. The van der Waals surface area contributed by atoms with Crippen LogP contribution in [0, 0.1) is 0 Å². The van der Waals surface area contributed by atoms with Crippen molar-refractivity contribution in [2.45, 2.75) is 65.2 Å². The van der Waals surface area contributed by atoms with E-state index in [-0.39, 0.29) is 29.7 Å². The summed E-state index contributed by atoms with van der Waals surface area (Å²) >= 11 is 0. The van der Waals surface area contributed by atoms with Gasteiger partial charge in [0.2, 0.25) is 0 Å². The Morgan fingerprint density at radius 3 is 2.52 bits per heavy atom. The first-order valence-electron chi connectivity index (χ1n) is 14.4. The number of fused-ring (bicyclic) bond motifs is 5. The van der Waals surface area contributed by atoms with Crippen molar-refractivity contribution < 1.29 is 28.9 Å². The van der Waals surface area contributed by atoms with Gasteiger partial charge in [-0.1, -0.05) is 27.2 Å². The quantitative estimate of drug-likeness (QED) is 0.157. The van der Waals surface area contributed by atoms with Crippen molar-refractivity contribution in [3.63, 3.8) is 0 Å². The number of aliphatic hydroxyl groups is 1. The topological polar surface area (TPSA) is 117 Å². The van der Waals surface area contributed by atoms with Gasteiger partial charge in [0.1, 0.15) is 18.1 Å². The third-order valence-corrected chi connectivity index (χ3v) is 8.20. The van der Waals surface area contributed by atoms with Crippen LogP contribution >= 0.6 is 0 Å². The Bertz CT molecular complexity index is 1790. The lowest BCUT2D eigenvalue weighted by molar-refractivity contribution is -0.172. The van der Waals surface area contributed by atoms with Gasteiger partial charge in [0.15, 0.2) is 5.60 Å². The fourth-order valence-electron chi connectivity index (χ4n) is 5.80. The van der Waals surface area contributed by atoms with Crippen LogP contribution in [-0.4, -0.2) is 33.2 Å². The Morgan fingerprint density at radius 2 is 1.81 bits per heavy atom. The average molecular weight is 569 g/mol. The second-order valence-corrected chi connectivity index (χ2v) is 10.7. The Morgan fingerprint density at radius 1 is 1.05 bits per heavy atom. The van der Waals surface area contributed by atoms with Crippen LogP contribution in [0.15, 0.2) is 53.3 Å². The van der Waals surface area contributed by atoms with Crippen LogP contribution in [0.5, 0.6) is 11.5 Å². The maximum absolute atomic E-state index is 13.5. The number of aromatic nitrogens is 2. The maximum Gasteiger partial charge on any atom is 0.343 e. The first-order chi connectivity index (χ1) is 20.3. The second kappa shape index (κ2) is 10.7. The summed E-state index contributed by atoms with van der Waals surface area (Å²) in [7, 11) is 0. The Hall–Kier alpha value is -4.50. The number of carbonyl (C=O) groups is 2. The molecular formula is C33H32N2O7. The molecule has 2 aliphatic heterocycles. The van der Waals surface area contributed by atoms with E-state index in [1.807, 2.05) is 6.92 Å². The zero-order chi connectivity index (χ0) is 29.6. The molecule has 0 bridgehead atoms. The van der Waals surface area contributed by atoms with Crippen molar-refractivity contribution in [2.75, 3.05) is 6.61 Å². The highest BCUT2D eigenvalue weighted by molar-refractivity contribution is 5.93. The minimum absolute atomic E-state index is 0.0817. The molecule has 0 radical (unpaired) electrons. The van der Waals surface area contributed by atoms with Crippen LogP contribution < -0.4 is 15.0 Å². The standard InChI is InChI=1S/C33H32N2O7/c1-4-7-14-40-20-10-8-19(9-11-20)31(37)42-21-12-13-27-23(15-21)22(5-2)24-17-35-28(29(24)34-27)16-26-25(30(35)36)18-41-32(38)33(26,39)6-3/h8-13,15-16,39H,4-7,14,17-18H2,1-3H3/t33-/m0/s1. The summed E-state index contributed by atoms with van der Waals surface area (Å²) in [4.78, 5) is 43.8. The van der Waals surface area contributed by atoms with Crippen molar-refractivity contribution in [1.82, 2.24) is 9.55 Å². The van der Waals surface area contributed by atoms with Gasteiger partial charge in [-0.2, -0.15) is 0 Å². The Kier molecular flexibility index (Phi) is 7.06. The van der Waals surface area contributed by atoms with Crippen molar-refractivity contribution in [2.24, 2.45) is 0 Å². The highest BCUT2D eigenvalue weighted by Gasteiger charge is 2.45. The van der Waals surface area contributed by atoms with Crippen molar-refractivity contribution >= 4 is 22.8 Å². The van der Waals surface area contributed by atoms with Gasteiger partial charge >= 0.3 is 11.9 Å². The largest absolute Gasteiger partial charge is 0.494 e. The van der Waals surface area contributed by atoms with E-state index >= 15 is 0 Å². The van der Waals surface area contributed by atoms with Gasteiger partial charge < -0.3 is 23.9 Å². The van der Waals surface area contributed by atoms with E-state index in [1.165, 1.54) is 0 Å². The van der Waals surface area contributed by atoms with Crippen LogP contribution in [0.4, 0.5) is 0 Å². The van der Waals surface area contributed by atoms with E-state index in [4.69, 9.17) is 19.2 Å². The van der Waals surface area contributed by atoms with Crippen LogP contribution in [0.1, 0.15) is 72.6 Å². The summed E-state index contributed by atoms with van der Waals surface area (Å²) in [5.74, 6) is -0.137. The highest BCUT2D eigenvalue weighted by atomic mass is 16.6. The molecule has 9 nitrogen and oxygen atoms in total. The summed E-state index contributed by atoms with van der Waals surface area (Å²) in [6.07, 6.45) is 2.74. The number of nitrogens with zero attached hydrogens (tertiary/aromatic N) is 2. The number of ether oxygens (including phenoxy) is 3. The van der Waals surface area contributed by atoms with Crippen molar-refractivity contribution in [1.29, 1.82) is 0 Å². The average Bonchev–Trinajstić information content (AvgIpc) is 3.37. The molecule has 2 aliphatic rings. The van der Waals surface area contributed by atoms with Crippen LogP contribution in [-0.2, 0) is 34.7 Å². The number of carbonyl (C=O) groups excluding carboxylic acids is 2. The molecule has 0 amide bonds. The van der Waals surface area contributed by atoms with Gasteiger partial charge in [-0.15, -0.1) is 0 Å². The Balaban J connectivity index is 1.34. The molecule has 4 aromatic rings. The number of rotatable bonds is 8. The van der Waals surface area contributed by atoms with E-state index in [0.717, 1.165) is 29.4 Å². The molecule has 4 heterocycles. The first-order valence-corrected chi connectivity index (χ1v) is 14.4. The summed E-state index contributed by atoms with van der Waals surface area (Å²) in [6, 6.07) is 13.9. The maximum atomic E-state index is 13.5.